The monoisotopic (exact) mass is 333 g/mol. The maximum absolute atomic E-state index is 11.6. The Morgan fingerprint density at radius 3 is 2.38 bits per heavy atom. The van der Waals surface area contributed by atoms with E-state index in [4.69, 9.17) is 9.31 Å². The Morgan fingerprint density at radius 1 is 1.33 bits per heavy atom. The van der Waals surface area contributed by atoms with Crippen molar-refractivity contribution in [3.63, 3.8) is 0 Å². The predicted molar refractivity (Wildman–Crippen MR) is 91.5 cm³/mol. The van der Waals surface area contributed by atoms with Crippen LogP contribution in [0.15, 0.2) is 17.7 Å². The van der Waals surface area contributed by atoms with E-state index in [2.05, 4.69) is 9.72 Å². The van der Waals surface area contributed by atoms with Gasteiger partial charge in [0, 0.05) is 6.20 Å². The lowest BCUT2D eigenvalue weighted by Crippen LogP contribution is -2.41. The Bertz CT molecular complexity index is 653. The Balaban J connectivity index is 2.29. The molecule has 0 saturated carbocycles. The van der Waals surface area contributed by atoms with Crippen LogP contribution in [0.5, 0.6) is 0 Å². The molecule has 0 radical (unpaired) electrons. The summed E-state index contributed by atoms with van der Waals surface area (Å²) in [5, 5.41) is 9.72. The van der Waals surface area contributed by atoms with Gasteiger partial charge in [-0.25, -0.2) is 9.78 Å². The molecule has 1 aromatic rings. The Labute approximate surface area is 143 Å². The topological polar surface area (TPSA) is 77.9 Å². The van der Waals surface area contributed by atoms with Crippen molar-refractivity contribution >= 4 is 19.2 Å². The molecule has 0 spiro atoms. The minimum absolute atomic E-state index is 0.200. The standard InChI is InChI=1S/C17H24BNO5/c1-11-7-12(9-19-14(11)15(21)22-6)8-13(10-20)18-23-16(2,3)17(4,5)24-18/h7-9,20H,10H2,1-6H3. The number of aliphatic hydroxyl groups is 1. The van der Waals surface area contributed by atoms with Crippen LogP contribution < -0.4 is 0 Å². The van der Waals surface area contributed by atoms with Crippen LogP contribution in [-0.4, -0.2) is 48.1 Å². The molecule has 0 unspecified atom stereocenters. The van der Waals surface area contributed by atoms with Crippen LogP contribution in [0.4, 0.5) is 0 Å². The Kier molecular flexibility index (Phi) is 5.18. The third-order valence-electron chi connectivity index (χ3n) is 4.57. The van der Waals surface area contributed by atoms with E-state index < -0.39 is 24.3 Å². The molecule has 0 aliphatic carbocycles. The third kappa shape index (κ3) is 3.53. The average Bonchev–Trinajstić information content (AvgIpc) is 2.72. The normalized spacial score (nSPS) is 19.5. The summed E-state index contributed by atoms with van der Waals surface area (Å²) in [7, 11) is 0.694. The van der Waals surface area contributed by atoms with Gasteiger partial charge in [0.15, 0.2) is 5.69 Å². The zero-order valence-corrected chi connectivity index (χ0v) is 15.0. The van der Waals surface area contributed by atoms with Crippen molar-refractivity contribution in [1.82, 2.24) is 4.98 Å². The van der Waals surface area contributed by atoms with E-state index in [0.29, 0.717) is 11.0 Å². The van der Waals surface area contributed by atoms with Crippen molar-refractivity contribution in [2.24, 2.45) is 0 Å². The number of hydrogen-bond acceptors (Lipinski definition) is 6. The zero-order valence-electron chi connectivity index (χ0n) is 15.0. The van der Waals surface area contributed by atoms with Crippen LogP contribution >= 0.6 is 0 Å². The highest BCUT2D eigenvalue weighted by Crippen LogP contribution is 2.38. The fourth-order valence-electron chi connectivity index (χ4n) is 2.38. The number of carbonyl (C=O) groups is 1. The van der Waals surface area contributed by atoms with Gasteiger partial charge >= 0.3 is 13.1 Å². The van der Waals surface area contributed by atoms with E-state index >= 15 is 0 Å². The number of hydrogen-bond donors (Lipinski definition) is 1. The van der Waals surface area contributed by atoms with E-state index in [-0.39, 0.29) is 12.3 Å². The highest BCUT2D eigenvalue weighted by Gasteiger charge is 2.52. The highest BCUT2D eigenvalue weighted by atomic mass is 16.7. The molecule has 1 aliphatic rings. The van der Waals surface area contributed by atoms with Crippen LogP contribution in [0.3, 0.4) is 0 Å². The van der Waals surface area contributed by atoms with E-state index in [1.54, 1.807) is 25.3 Å². The highest BCUT2D eigenvalue weighted by molar-refractivity contribution is 6.55. The minimum atomic E-state index is -0.624. The molecule has 6 nitrogen and oxygen atoms in total. The van der Waals surface area contributed by atoms with Gasteiger partial charge in [-0.2, -0.15) is 0 Å². The summed E-state index contributed by atoms with van der Waals surface area (Å²) >= 11 is 0. The van der Waals surface area contributed by atoms with Crippen molar-refractivity contribution in [3.8, 4) is 0 Å². The molecule has 0 aromatic carbocycles. The van der Waals surface area contributed by atoms with Gasteiger partial charge in [-0.05, 0) is 57.3 Å². The van der Waals surface area contributed by atoms with E-state index in [1.165, 1.54) is 7.11 Å². The SMILES string of the molecule is COC(=O)c1ncc(C=C(CO)B2OC(C)(C)C(C)(C)O2)cc1C. The molecule has 1 fully saturated rings. The second-order valence-electron chi connectivity index (χ2n) is 6.89. The van der Waals surface area contributed by atoms with Crippen LogP contribution in [0.2, 0.25) is 0 Å². The van der Waals surface area contributed by atoms with Gasteiger partial charge in [-0.15, -0.1) is 0 Å². The summed E-state index contributed by atoms with van der Waals surface area (Å²) in [5.41, 5.74) is 1.36. The van der Waals surface area contributed by atoms with Crippen LogP contribution in [0.1, 0.15) is 49.3 Å². The van der Waals surface area contributed by atoms with Gasteiger partial charge in [0.1, 0.15) is 0 Å². The lowest BCUT2D eigenvalue weighted by molar-refractivity contribution is 0.00578. The molecule has 1 N–H and O–H groups in total. The molecule has 0 amide bonds. The first kappa shape index (κ1) is 18.6. The predicted octanol–water partition coefficient (Wildman–Crippen LogP) is 2.18. The van der Waals surface area contributed by atoms with Crippen molar-refractivity contribution < 1.29 is 23.9 Å². The fraction of sp³-hybridized carbons (Fsp3) is 0.529. The average molecular weight is 333 g/mol. The van der Waals surface area contributed by atoms with Gasteiger partial charge in [-0.1, -0.05) is 6.08 Å². The number of aromatic nitrogens is 1. The molecule has 0 bridgehead atoms. The molecule has 2 heterocycles. The van der Waals surface area contributed by atoms with Crippen LogP contribution in [0, 0.1) is 6.92 Å². The first-order chi connectivity index (χ1) is 11.1. The number of aryl methyl sites for hydroxylation is 1. The summed E-state index contributed by atoms with van der Waals surface area (Å²) in [4.78, 5) is 15.7. The fourth-order valence-corrected chi connectivity index (χ4v) is 2.38. The number of esters is 1. The van der Waals surface area contributed by atoms with Crippen molar-refractivity contribution in [2.75, 3.05) is 13.7 Å². The summed E-state index contributed by atoms with van der Waals surface area (Å²) in [5.74, 6) is -0.476. The maximum Gasteiger partial charge on any atom is 0.492 e. The van der Waals surface area contributed by atoms with Crippen LogP contribution in [0.25, 0.3) is 6.08 Å². The van der Waals surface area contributed by atoms with Gasteiger partial charge in [0.25, 0.3) is 0 Å². The minimum Gasteiger partial charge on any atom is -0.464 e. The molecule has 1 aliphatic heterocycles. The molecular weight excluding hydrogens is 309 g/mol. The molecule has 7 heteroatoms. The maximum atomic E-state index is 11.6. The van der Waals surface area contributed by atoms with E-state index in [0.717, 1.165) is 5.56 Å². The quantitative estimate of drug-likeness (QED) is 0.672. The summed E-state index contributed by atoms with van der Waals surface area (Å²) in [6, 6.07) is 1.81. The summed E-state index contributed by atoms with van der Waals surface area (Å²) in [6.07, 6.45) is 3.32. The second kappa shape index (κ2) is 6.66. The van der Waals surface area contributed by atoms with Crippen molar-refractivity contribution in [1.29, 1.82) is 0 Å². The third-order valence-corrected chi connectivity index (χ3v) is 4.57. The van der Waals surface area contributed by atoms with Gasteiger partial charge in [-0.3, -0.25) is 0 Å². The first-order valence-corrected chi connectivity index (χ1v) is 7.83. The molecule has 24 heavy (non-hydrogen) atoms. The molecule has 2 rings (SSSR count). The lowest BCUT2D eigenvalue weighted by Gasteiger charge is -2.32. The van der Waals surface area contributed by atoms with Gasteiger partial charge < -0.3 is 19.2 Å². The van der Waals surface area contributed by atoms with E-state index in [9.17, 15) is 9.90 Å². The Hall–Kier alpha value is -1.70. The van der Waals surface area contributed by atoms with Crippen LogP contribution in [-0.2, 0) is 14.0 Å². The summed E-state index contributed by atoms with van der Waals surface area (Å²) < 4.78 is 16.6. The number of methoxy groups -OCH3 is 1. The van der Waals surface area contributed by atoms with Gasteiger partial charge in [0.05, 0.1) is 24.9 Å². The Morgan fingerprint density at radius 2 is 1.92 bits per heavy atom. The largest absolute Gasteiger partial charge is 0.492 e. The molecular formula is C17H24BNO5. The molecule has 1 aromatic heterocycles. The zero-order chi connectivity index (χ0) is 18.1. The second-order valence-corrected chi connectivity index (χ2v) is 6.89. The van der Waals surface area contributed by atoms with E-state index in [1.807, 2.05) is 27.7 Å². The molecule has 0 atom stereocenters. The molecule has 130 valence electrons. The van der Waals surface area contributed by atoms with Crippen molar-refractivity contribution in [2.45, 2.75) is 45.8 Å². The molecule has 1 saturated heterocycles. The number of rotatable bonds is 4. The number of ether oxygens (including phenoxy) is 1. The van der Waals surface area contributed by atoms with Gasteiger partial charge in [0.2, 0.25) is 0 Å². The number of aliphatic hydroxyl groups excluding tert-OH is 1. The smallest absolute Gasteiger partial charge is 0.464 e. The number of nitrogens with zero attached hydrogens (tertiary/aromatic N) is 1. The number of pyridine rings is 1. The first-order valence-electron chi connectivity index (χ1n) is 7.83. The van der Waals surface area contributed by atoms with Crippen molar-refractivity contribution in [3.05, 3.63) is 34.6 Å². The lowest BCUT2D eigenvalue weighted by atomic mass is 9.77. The summed E-state index contributed by atoms with van der Waals surface area (Å²) in [6.45, 7) is 9.41. The number of carbonyl (C=O) groups excluding carboxylic acids is 1.